The number of benzene rings is 1. The van der Waals surface area contributed by atoms with E-state index in [4.69, 9.17) is 0 Å². The van der Waals surface area contributed by atoms with E-state index >= 15 is 0 Å². The molecule has 3 saturated heterocycles. The lowest BCUT2D eigenvalue weighted by Gasteiger charge is -2.51. The van der Waals surface area contributed by atoms with Crippen molar-refractivity contribution in [3.63, 3.8) is 0 Å². The number of hydrogen-bond donors (Lipinski definition) is 0. The van der Waals surface area contributed by atoms with Gasteiger partial charge >= 0.3 is 0 Å². The summed E-state index contributed by atoms with van der Waals surface area (Å²) in [6.07, 6.45) is 6.32. The van der Waals surface area contributed by atoms with E-state index in [-0.39, 0.29) is 5.41 Å². The van der Waals surface area contributed by atoms with Crippen LogP contribution < -0.4 is 4.90 Å². The Hall–Kier alpha value is -2.40. The predicted octanol–water partition coefficient (Wildman–Crippen LogP) is 3.13. The van der Waals surface area contributed by atoms with Gasteiger partial charge in [0.15, 0.2) is 0 Å². The Kier molecular flexibility index (Phi) is 5.02. The molecule has 1 aromatic carbocycles. The number of hydrogen-bond acceptors (Lipinski definition) is 4. The van der Waals surface area contributed by atoms with Crippen molar-refractivity contribution in [1.82, 2.24) is 14.8 Å². The predicted molar refractivity (Wildman–Crippen MR) is 120 cm³/mol. The number of rotatable bonds is 4. The lowest BCUT2D eigenvalue weighted by molar-refractivity contribution is -0.144. The quantitative estimate of drug-likeness (QED) is 0.785. The Morgan fingerprint density at radius 2 is 1.83 bits per heavy atom. The second-order valence-electron chi connectivity index (χ2n) is 9.58. The lowest BCUT2D eigenvalue weighted by atomic mass is 9.73. The smallest absolute Gasteiger partial charge is 0.232 e. The van der Waals surface area contributed by atoms with Gasteiger partial charge in [-0.25, -0.2) is 4.98 Å². The van der Waals surface area contributed by atoms with Crippen LogP contribution >= 0.6 is 0 Å². The van der Waals surface area contributed by atoms with E-state index < -0.39 is 0 Å². The maximum absolute atomic E-state index is 13.9. The summed E-state index contributed by atoms with van der Waals surface area (Å²) >= 11 is 0. The fourth-order valence-electron chi connectivity index (χ4n) is 5.63. The molecule has 3 fully saturated rings. The van der Waals surface area contributed by atoms with E-state index in [2.05, 4.69) is 70.1 Å². The highest BCUT2D eigenvalue weighted by atomic mass is 16.2. The Balaban J connectivity index is 1.37. The molecule has 0 aliphatic carbocycles. The molecule has 4 heterocycles. The van der Waals surface area contributed by atoms with Crippen LogP contribution in [0.15, 0.2) is 48.7 Å². The number of anilines is 1. The Morgan fingerprint density at radius 1 is 1.07 bits per heavy atom. The summed E-state index contributed by atoms with van der Waals surface area (Å²) in [5.41, 5.74) is 2.06. The summed E-state index contributed by atoms with van der Waals surface area (Å²) in [7, 11) is 2.24. The van der Waals surface area contributed by atoms with Gasteiger partial charge in [-0.1, -0.05) is 36.4 Å². The highest BCUT2D eigenvalue weighted by molar-refractivity contribution is 5.86. The van der Waals surface area contributed by atoms with Gasteiger partial charge in [-0.05, 0) is 56.8 Å². The highest BCUT2D eigenvalue weighted by Gasteiger charge is 2.52. The van der Waals surface area contributed by atoms with E-state index in [1.54, 1.807) is 0 Å². The molecule has 2 aromatic rings. The van der Waals surface area contributed by atoms with Crippen molar-refractivity contribution in [3.8, 4) is 0 Å². The molecule has 1 aromatic heterocycles. The van der Waals surface area contributed by atoms with Crippen LogP contribution in [0.1, 0.15) is 30.4 Å². The van der Waals surface area contributed by atoms with Crippen molar-refractivity contribution in [2.24, 2.45) is 5.41 Å². The molecule has 0 spiro atoms. The van der Waals surface area contributed by atoms with Gasteiger partial charge in [0, 0.05) is 44.5 Å². The molecule has 2 bridgehead atoms. The molecule has 5 heteroatoms. The van der Waals surface area contributed by atoms with Gasteiger partial charge in [-0.15, -0.1) is 0 Å². The third-order valence-electron chi connectivity index (χ3n) is 7.48. The van der Waals surface area contributed by atoms with Crippen LogP contribution in [0.4, 0.5) is 5.82 Å². The molecule has 30 heavy (non-hydrogen) atoms. The average Bonchev–Trinajstić information content (AvgIpc) is 2.97. The number of aromatic nitrogens is 1. The normalized spacial score (nSPS) is 25.7. The van der Waals surface area contributed by atoms with Gasteiger partial charge in [0.05, 0.1) is 5.41 Å². The van der Waals surface area contributed by atoms with E-state index in [0.717, 1.165) is 50.4 Å². The topological polar surface area (TPSA) is 39.7 Å². The van der Waals surface area contributed by atoms with E-state index in [1.807, 2.05) is 12.3 Å². The second kappa shape index (κ2) is 7.69. The van der Waals surface area contributed by atoms with Crippen LogP contribution in [0.3, 0.4) is 0 Å². The van der Waals surface area contributed by atoms with Gasteiger partial charge in [-0.2, -0.15) is 0 Å². The van der Waals surface area contributed by atoms with Crippen LogP contribution in [0, 0.1) is 12.3 Å². The zero-order valence-corrected chi connectivity index (χ0v) is 18.1. The Morgan fingerprint density at radius 3 is 2.57 bits per heavy atom. The molecular formula is C25H32N4O. The first-order valence-electron chi connectivity index (χ1n) is 11.3. The van der Waals surface area contributed by atoms with Crippen molar-refractivity contribution in [2.45, 2.75) is 44.7 Å². The first kappa shape index (κ1) is 19.6. The van der Waals surface area contributed by atoms with Crippen molar-refractivity contribution in [2.75, 3.05) is 38.1 Å². The number of carbonyl (C=O) groups is 1. The van der Waals surface area contributed by atoms with E-state index in [0.29, 0.717) is 18.0 Å². The highest BCUT2D eigenvalue weighted by Crippen LogP contribution is 2.40. The molecule has 5 nitrogen and oxygen atoms in total. The molecule has 0 N–H and O–H groups in total. The molecule has 1 amide bonds. The minimum atomic E-state index is -0.351. The molecule has 5 rings (SSSR count). The molecule has 2 atom stereocenters. The minimum Gasteiger partial charge on any atom is -0.354 e. The molecule has 0 radical (unpaired) electrons. The molecule has 158 valence electrons. The van der Waals surface area contributed by atoms with Gasteiger partial charge < -0.3 is 9.80 Å². The summed E-state index contributed by atoms with van der Waals surface area (Å²) in [4.78, 5) is 25.5. The SMILES string of the molecule is Cc1ccc(N2CC(Cc3ccccc3)(C(=O)N3CC[C@@H]4CC[C@H](C3)N4C)C2)nc1. The average molecular weight is 405 g/mol. The number of aryl methyl sites for hydroxylation is 1. The number of likely N-dealkylation sites (N-methyl/N-ethyl adjacent to an activating group) is 1. The third-order valence-corrected chi connectivity index (χ3v) is 7.48. The van der Waals surface area contributed by atoms with Crippen LogP contribution in [0.2, 0.25) is 0 Å². The van der Waals surface area contributed by atoms with Crippen LogP contribution in [0.5, 0.6) is 0 Å². The molecular weight excluding hydrogens is 372 g/mol. The monoisotopic (exact) mass is 404 g/mol. The number of pyridine rings is 1. The second-order valence-corrected chi connectivity index (χ2v) is 9.58. The summed E-state index contributed by atoms with van der Waals surface area (Å²) in [5.74, 6) is 1.32. The fraction of sp³-hybridized carbons (Fsp3) is 0.520. The summed E-state index contributed by atoms with van der Waals surface area (Å²) in [6.45, 7) is 5.32. The molecule has 0 saturated carbocycles. The lowest BCUT2D eigenvalue weighted by Crippen LogP contribution is -2.65. The van der Waals surface area contributed by atoms with Crippen molar-refractivity contribution in [3.05, 3.63) is 59.8 Å². The van der Waals surface area contributed by atoms with Gasteiger partial charge in [0.1, 0.15) is 5.82 Å². The molecule has 3 aliphatic rings. The van der Waals surface area contributed by atoms with Crippen molar-refractivity contribution >= 4 is 11.7 Å². The van der Waals surface area contributed by atoms with E-state index in [1.165, 1.54) is 18.4 Å². The summed E-state index contributed by atoms with van der Waals surface area (Å²) in [6, 6.07) is 15.8. The largest absolute Gasteiger partial charge is 0.354 e. The summed E-state index contributed by atoms with van der Waals surface area (Å²) in [5, 5.41) is 0. The zero-order chi connectivity index (χ0) is 20.7. The third kappa shape index (κ3) is 3.49. The Bertz CT molecular complexity index is 891. The first-order valence-corrected chi connectivity index (χ1v) is 11.3. The maximum Gasteiger partial charge on any atom is 0.232 e. The van der Waals surface area contributed by atoms with E-state index in [9.17, 15) is 4.79 Å². The van der Waals surface area contributed by atoms with Crippen LogP contribution in [-0.2, 0) is 11.2 Å². The summed E-state index contributed by atoms with van der Waals surface area (Å²) < 4.78 is 0. The van der Waals surface area contributed by atoms with Crippen LogP contribution in [-0.4, -0.2) is 66.0 Å². The van der Waals surface area contributed by atoms with Crippen LogP contribution in [0.25, 0.3) is 0 Å². The number of carbonyl (C=O) groups excluding carboxylic acids is 1. The van der Waals surface area contributed by atoms with Gasteiger partial charge in [0.2, 0.25) is 5.91 Å². The van der Waals surface area contributed by atoms with Gasteiger partial charge in [0.25, 0.3) is 0 Å². The zero-order valence-electron chi connectivity index (χ0n) is 18.1. The standard InChI is InChI=1S/C25H32N4O/c1-19-8-11-23(26-15-19)29-17-25(18-29,14-20-6-4-3-5-7-20)24(30)28-13-12-21-9-10-22(16-28)27(21)2/h3-8,11,15,21-22H,9-10,12-14,16-18H2,1-2H3/t21-,22+/m0/s1. The number of fused-ring (bicyclic) bond motifs is 2. The van der Waals surface area contributed by atoms with Crippen molar-refractivity contribution in [1.29, 1.82) is 0 Å². The first-order chi connectivity index (χ1) is 14.5. The number of likely N-dealkylation sites (tertiary alicyclic amines) is 1. The number of nitrogens with zero attached hydrogens (tertiary/aromatic N) is 4. The van der Waals surface area contributed by atoms with Crippen molar-refractivity contribution < 1.29 is 4.79 Å². The number of amides is 1. The molecule has 0 unspecified atom stereocenters. The fourth-order valence-corrected chi connectivity index (χ4v) is 5.63. The molecule has 3 aliphatic heterocycles. The van der Waals surface area contributed by atoms with Gasteiger partial charge in [-0.3, -0.25) is 9.69 Å². The Labute approximate surface area is 179 Å². The minimum absolute atomic E-state index is 0.343. The maximum atomic E-state index is 13.9.